The van der Waals surface area contributed by atoms with Crippen LogP contribution in [0.1, 0.15) is 48.3 Å². The van der Waals surface area contributed by atoms with Gasteiger partial charge >= 0.3 is 0 Å². The summed E-state index contributed by atoms with van der Waals surface area (Å²) < 4.78 is 120. The number of nitriles is 1. The fourth-order valence-electron chi connectivity index (χ4n) is 7.86. The number of benzene rings is 7. The number of nitrogens with zero attached hydrogens (tertiary/aromatic N) is 6. The largest absolute Gasteiger partial charge is 0.456 e. The van der Waals surface area contributed by atoms with Crippen molar-refractivity contribution in [2.45, 2.75) is 26.2 Å². The summed E-state index contributed by atoms with van der Waals surface area (Å²) in [7, 11) is 0. The van der Waals surface area contributed by atoms with Crippen molar-refractivity contribution >= 4 is 54.6 Å². The zero-order valence-electron chi connectivity index (χ0n) is 44.4. The quantitative estimate of drug-likeness (QED) is 0.125. The molecule has 4 heterocycles. The summed E-state index contributed by atoms with van der Waals surface area (Å²) in [5, 5.41) is 10.9. The normalized spacial score (nSPS) is 14.7. The van der Waals surface area contributed by atoms with Crippen molar-refractivity contribution in [2.75, 3.05) is 0 Å². The number of rotatable bonds is 6. The zero-order valence-corrected chi connectivity index (χ0v) is 32.4. The SMILES string of the molecule is [2H]c1c([2H])c(-[n+]2[c-]n(-c3cccc(Oc4cc5c(cc4-n4c6c([2H])c([2H])c([2H])c([2H])c6c6c([2H])c([2H])c([2H])c([2H])c64)c4ccccc4n5-c4cc(C(C)(C)C)ccn4)c3)c3ccccc32)c([2H])c([2H])c1C#N. The molecule has 0 unspecified atom stereocenters. The lowest BCUT2D eigenvalue weighted by atomic mass is 9.88. The van der Waals surface area contributed by atoms with Crippen LogP contribution in [-0.4, -0.2) is 18.7 Å². The molecule has 0 bridgehead atoms. The molecule has 7 nitrogen and oxygen atoms in total. The Bertz CT molecular complexity index is 4130. The second-order valence-electron chi connectivity index (χ2n) is 15.3. The number of ether oxygens (including phenoxy) is 1. The van der Waals surface area contributed by atoms with Crippen LogP contribution in [0.4, 0.5) is 0 Å². The van der Waals surface area contributed by atoms with Gasteiger partial charge in [-0.1, -0.05) is 106 Å². The highest BCUT2D eigenvalue weighted by atomic mass is 16.5. The first-order chi connectivity index (χ1) is 34.3. The minimum Gasteiger partial charge on any atom is -0.456 e. The molecule has 286 valence electrons. The number of fused-ring (bicyclic) bond motifs is 7. The van der Waals surface area contributed by atoms with E-state index in [0.29, 0.717) is 33.4 Å². The lowest BCUT2D eigenvalue weighted by Gasteiger charge is -2.20. The smallest absolute Gasteiger partial charge is 0.269 e. The van der Waals surface area contributed by atoms with Gasteiger partial charge in [0.05, 0.1) is 78.2 Å². The molecule has 0 N–H and O–H groups in total. The van der Waals surface area contributed by atoms with E-state index < -0.39 is 72.5 Å². The molecule has 0 aliphatic heterocycles. The van der Waals surface area contributed by atoms with E-state index in [4.69, 9.17) is 23.4 Å². The summed E-state index contributed by atoms with van der Waals surface area (Å²) in [6, 6.07) is 25.2. The van der Waals surface area contributed by atoms with Crippen LogP contribution in [0.5, 0.6) is 11.5 Å². The average Bonchev–Trinajstić information content (AvgIpc) is 4.04. The maximum atomic E-state index is 9.65. The molecule has 0 saturated heterocycles. The van der Waals surface area contributed by atoms with Crippen LogP contribution in [0.2, 0.25) is 0 Å². The number of hydrogen-bond donors (Lipinski definition) is 0. The molecule has 7 heteroatoms. The molecule has 4 aromatic heterocycles. The standard InChI is InChI=1S/C53H38N6O/c1-53(2,3)36-27-28-55-52(29-36)59-46-20-9-6-17-42(46)43-31-50(58-44-18-7-4-15-40(44)41-16-5-8-19-45(41)58)51(32-49(43)59)60-39-14-12-13-38(30-39)57-34-56(47-21-10-11-22-48(47)57)37-25-23-35(33-54)24-26-37/h4-32H,1-3H3/i4D,5D,7D,8D,15D,16D,18D,19D,23D,24D,25D,26D. The van der Waals surface area contributed by atoms with Crippen molar-refractivity contribution in [2.24, 2.45) is 0 Å². The van der Waals surface area contributed by atoms with Gasteiger partial charge in [-0.05, 0) is 89.7 Å². The van der Waals surface area contributed by atoms with Gasteiger partial charge in [-0.25, -0.2) is 4.98 Å². The van der Waals surface area contributed by atoms with E-state index >= 15 is 0 Å². The number of imidazole rings is 1. The van der Waals surface area contributed by atoms with E-state index in [1.807, 2.05) is 41.0 Å². The molecule has 0 radical (unpaired) electrons. The summed E-state index contributed by atoms with van der Waals surface area (Å²) in [6.45, 7) is 6.33. The molecule has 60 heavy (non-hydrogen) atoms. The Balaban J connectivity index is 1.21. The van der Waals surface area contributed by atoms with Gasteiger partial charge in [0.2, 0.25) is 0 Å². The molecule has 0 spiro atoms. The fourth-order valence-corrected chi connectivity index (χ4v) is 7.86. The predicted octanol–water partition coefficient (Wildman–Crippen LogP) is 12.3. The number of aromatic nitrogens is 5. The minimum absolute atomic E-state index is 0.0841. The molecule has 0 aliphatic rings. The zero-order chi connectivity index (χ0) is 51.0. The molecule has 7 aromatic carbocycles. The highest BCUT2D eigenvalue weighted by Crippen LogP contribution is 2.42. The molecule has 0 saturated carbocycles. The summed E-state index contributed by atoms with van der Waals surface area (Å²) in [4.78, 5) is 4.85. The second-order valence-corrected chi connectivity index (χ2v) is 15.3. The van der Waals surface area contributed by atoms with Crippen molar-refractivity contribution in [3.8, 4) is 40.4 Å². The third-order valence-corrected chi connectivity index (χ3v) is 10.7. The first kappa shape index (κ1) is 24.7. The summed E-state index contributed by atoms with van der Waals surface area (Å²) in [5.74, 6) is 1.00. The summed E-state index contributed by atoms with van der Waals surface area (Å²) >= 11 is 0. The van der Waals surface area contributed by atoms with Gasteiger partial charge in [-0.3, -0.25) is 13.7 Å². The van der Waals surface area contributed by atoms with Crippen LogP contribution in [0.15, 0.2) is 176 Å². The van der Waals surface area contributed by atoms with Gasteiger partial charge in [0.25, 0.3) is 6.33 Å². The van der Waals surface area contributed by atoms with Gasteiger partial charge in [0.15, 0.2) is 5.75 Å². The number of pyridine rings is 1. The Morgan fingerprint density at radius 2 is 1.38 bits per heavy atom. The van der Waals surface area contributed by atoms with E-state index in [-0.39, 0.29) is 55.7 Å². The van der Waals surface area contributed by atoms with E-state index in [2.05, 4.69) is 27.1 Å². The van der Waals surface area contributed by atoms with Gasteiger partial charge in [0, 0.05) is 33.8 Å². The van der Waals surface area contributed by atoms with Crippen LogP contribution in [-0.2, 0) is 5.41 Å². The molecule has 0 fully saturated rings. The van der Waals surface area contributed by atoms with Crippen LogP contribution in [0.3, 0.4) is 0 Å². The highest BCUT2D eigenvalue weighted by Gasteiger charge is 2.23. The van der Waals surface area contributed by atoms with E-state index in [0.717, 1.165) is 16.5 Å². The van der Waals surface area contributed by atoms with Crippen LogP contribution in [0.25, 0.3) is 77.5 Å². The first-order valence-corrected chi connectivity index (χ1v) is 19.1. The molecule has 0 amide bonds. The van der Waals surface area contributed by atoms with E-state index in [9.17, 15) is 8.00 Å². The third kappa shape index (κ3) is 5.65. The maximum Gasteiger partial charge on any atom is 0.269 e. The van der Waals surface area contributed by atoms with Crippen molar-refractivity contribution in [3.63, 3.8) is 0 Å². The van der Waals surface area contributed by atoms with Crippen LogP contribution in [0, 0.1) is 17.7 Å². The lowest BCUT2D eigenvalue weighted by molar-refractivity contribution is -0.572. The van der Waals surface area contributed by atoms with Crippen molar-refractivity contribution in [1.29, 1.82) is 5.26 Å². The Morgan fingerprint density at radius 1 is 0.667 bits per heavy atom. The minimum atomic E-state index is -0.566. The van der Waals surface area contributed by atoms with Gasteiger partial charge in [-0.15, -0.1) is 0 Å². The van der Waals surface area contributed by atoms with Crippen LogP contribution >= 0.6 is 0 Å². The Morgan fingerprint density at radius 3 is 2.13 bits per heavy atom. The highest BCUT2D eigenvalue weighted by molar-refractivity contribution is 6.13. The molecular weight excluding hydrogens is 737 g/mol. The monoisotopic (exact) mass is 786 g/mol. The van der Waals surface area contributed by atoms with Crippen molar-refractivity contribution in [1.82, 2.24) is 18.7 Å². The van der Waals surface area contributed by atoms with Crippen LogP contribution < -0.4 is 9.30 Å². The Kier molecular flexibility index (Phi) is 5.60. The lowest BCUT2D eigenvalue weighted by Crippen LogP contribution is -2.29. The average molecular weight is 787 g/mol. The van der Waals surface area contributed by atoms with E-state index in [1.165, 1.54) is 9.13 Å². The predicted molar refractivity (Wildman–Crippen MR) is 240 cm³/mol. The summed E-state index contributed by atoms with van der Waals surface area (Å²) in [6.07, 6.45) is 4.97. The maximum absolute atomic E-state index is 9.65. The third-order valence-electron chi connectivity index (χ3n) is 10.7. The Hall–Kier alpha value is -7.95. The molecule has 11 aromatic rings. The molecule has 0 aliphatic carbocycles. The van der Waals surface area contributed by atoms with Gasteiger partial charge in [-0.2, -0.15) is 5.26 Å². The van der Waals surface area contributed by atoms with E-state index in [1.54, 1.807) is 77.5 Å². The second kappa shape index (κ2) is 13.6. The summed E-state index contributed by atoms with van der Waals surface area (Å²) in [5.41, 5.74) is 3.32. The number of para-hydroxylation sites is 5. The molecular formula is C53H38N6O. The van der Waals surface area contributed by atoms with Crippen molar-refractivity contribution in [3.05, 3.63) is 193 Å². The van der Waals surface area contributed by atoms with Crippen molar-refractivity contribution < 1.29 is 25.8 Å². The topological polar surface area (TPSA) is 64.6 Å². The Labute approximate surface area is 363 Å². The molecule has 11 rings (SSSR count). The number of hydrogen-bond acceptors (Lipinski definition) is 3. The van der Waals surface area contributed by atoms with Gasteiger partial charge < -0.3 is 9.30 Å². The fraction of sp³-hybridized carbons (Fsp3) is 0.0755. The van der Waals surface area contributed by atoms with Gasteiger partial charge in [0.1, 0.15) is 11.6 Å². The molecule has 0 atom stereocenters. The first-order valence-electron chi connectivity index (χ1n) is 25.1.